The molecule has 11 nitrogen and oxygen atoms in total. The van der Waals surface area contributed by atoms with E-state index in [1.165, 1.54) is 4.57 Å². The van der Waals surface area contributed by atoms with Crippen LogP contribution in [0.4, 0.5) is 4.79 Å². The van der Waals surface area contributed by atoms with Crippen molar-refractivity contribution in [2.45, 2.75) is 59.0 Å². The van der Waals surface area contributed by atoms with Gasteiger partial charge in [-0.25, -0.2) is 24.3 Å². The molecule has 1 aliphatic rings. The predicted molar refractivity (Wildman–Crippen MR) is 153 cm³/mol. The van der Waals surface area contributed by atoms with Gasteiger partial charge in [-0.1, -0.05) is 50.6 Å². The third-order valence-corrected chi connectivity index (χ3v) is 6.83. The number of carbonyl (C=O) groups excluding carboxylic acids is 1. The van der Waals surface area contributed by atoms with Crippen LogP contribution >= 0.6 is 0 Å². The fourth-order valence-electron chi connectivity index (χ4n) is 4.79. The highest BCUT2D eigenvalue weighted by Gasteiger charge is 2.26. The van der Waals surface area contributed by atoms with Gasteiger partial charge in [0.25, 0.3) is 5.56 Å². The Hall–Kier alpha value is -4.64. The molecule has 2 N–H and O–H groups in total. The molecular formula is C30H33N7O4. The first-order valence-electron chi connectivity index (χ1n) is 13.9. The summed E-state index contributed by atoms with van der Waals surface area (Å²) >= 11 is 0. The zero-order valence-electron chi connectivity index (χ0n) is 23.4. The summed E-state index contributed by atoms with van der Waals surface area (Å²) in [7, 11) is 0. The largest absolute Gasteiger partial charge is 0.491 e. The summed E-state index contributed by atoms with van der Waals surface area (Å²) in [5.74, 6) is 1.44. The van der Waals surface area contributed by atoms with Crippen molar-refractivity contribution >= 4 is 6.09 Å². The molecule has 4 heterocycles. The number of unbranched alkanes of at least 4 members (excludes halogenated alkanes) is 1. The van der Waals surface area contributed by atoms with E-state index >= 15 is 0 Å². The molecule has 0 saturated carbocycles. The molecule has 5 rings (SSSR count). The average molecular weight is 556 g/mol. The highest BCUT2D eigenvalue weighted by Crippen LogP contribution is 2.28. The highest BCUT2D eigenvalue weighted by molar-refractivity contribution is 5.71. The van der Waals surface area contributed by atoms with Crippen LogP contribution in [0, 0.1) is 0 Å². The van der Waals surface area contributed by atoms with Gasteiger partial charge in [-0.15, -0.1) is 5.48 Å². The molecule has 0 bridgehead atoms. The molecular weight excluding hydrogens is 522 g/mol. The number of amides is 1. The van der Waals surface area contributed by atoms with Gasteiger partial charge in [-0.3, -0.25) is 15.1 Å². The Labute approximate surface area is 238 Å². The third kappa shape index (κ3) is 6.09. The zero-order chi connectivity index (χ0) is 28.8. The van der Waals surface area contributed by atoms with Gasteiger partial charge in [0.15, 0.2) is 5.75 Å². The minimum Gasteiger partial charge on any atom is -0.491 e. The van der Waals surface area contributed by atoms with Gasteiger partial charge in [-0.05, 0) is 31.4 Å². The normalized spacial score (nSPS) is 14.5. The van der Waals surface area contributed by atoms with E-state index in [-0.39, 0.29) is 11.5 Å². The molecule has 1 saturated heterocycles. The molecule has 0 radical (unpaired) electrons. The Morgan fingerprint density at radius 3 is 2.46 bits per heavy atom. The Bertz CT molecular complexity index is 1570. The summed E-state index contributed by atoms with van der Waals surface area (Å²) in [5, 5.41) is 2.73. The van der Waals surface area contributed by atoms with Gasteiger partial charge < -0.3 is 9.57 Å². The van der Waals surface area contributed by atoms with Crippen LogP contribution in [0.1, 0.15) is 68.0 Å². The lowest BCUT2D eigenvalue weighted by atomic mass is 9.99. The van der Waals surface area contributed by atoms with E-state index in [2.05, 4.69) is 27.7 Å². The molecule has 11 heteroatoms. The lowest BCUT2D eigenvalue weighted by Gasteiger charge is -2.16. The number of hydrogen-bond donors (Lipinski definition) is 2. The van der Waals surface area contributed by atoms with Gasteiger partial charge in [0.2, 0.25) is 5.95 Å². The molecule has 1 fully saturated rings. The molecule has 1 aromatic carbocycles. The van der Waals surface area contributed by atoms with Crippen molar-refractivity contribution in [2.75, 3.05) is 6.61 Å². The molecule has 4 aromatic rings. The average Bonchev–Trinajstić information content (AvgIpc) is 3.44. The van der Waals surface area contributed by atoms with E-state index in [4.69, 9.17) is 19.5 Å². The smallest absolute Gasteiger partial charge is 0.427 e. The maximum atomic E-state index is 14.0. The number of aryl methyl sites for hydroxylation is 2. The molecule has 1 aliphatic heterocycles. The second kappa shape index (κ2) is 12.7. The van der Waals surface area contributed by atoms with Crippen molar-refractivity contribution in [2.24, 2.45) is 0 Å². The molecule has 1 amide bonds. The third-order valence-electron chi connectivity index (χ3n) is 6.83. The van der Waals surface area contributed by atoms with Crippen LogP contribution in [0.2, 0.25) is 0 Å². The van der Waals surface area contributed by atoms with Crippen LogP contribution in [0.5, 0.6) is 5.75 Å². The fraction of sp³-hybridized carbons (Fsp3) is 0.333. The highest BCUT2D eigenvalue weighted by atomic mass is 16.7. The molecule has 212 valence electrons. The summed E-state index contributed by atoms with van der Waals surface area (Å²) in [4.78, 5) is 48.8. The number of hydroxylamine groups is 1. The Kier molecular flexibility index (Phi) is 8.64. The van der Waals surface area contributed by atoms with E-state index in [0.29, 0.717) is 43.0 Å². The predicted octanol–water partition coefficient (Wildman–Crippen LogP) is 4.22. The summed E-state index contributed by atoms with van der Waals surface area (Å²) in [6, 6.07) is 11.5. The number of ether oxygens (including phenoxy) is 1. The van der Waals surface area contributed by atoms with Crippen molar-refractivity contribution in [3.05, 3.63) is 93.6 Å². The summed E-state index contributed by atoms with van der Waals surface area (Å²) < 4.78 is 6.97. The van der Waals surface area contributed by atoms with Crippen LogP contribution in [-0.2, 0) is 24.1 Å². The lowest BCUT2D eigenvalue weighted by molar-refractivity contribution is 0.122. The SMILES string of the molecule is CCCCc1nc(CC)n(-c2ncc(OCC)cn2)c(=O)c1Cc1ccc(-c2ccccc2C2NOC(=O)N2)nc1. The molecule has 41 heavy (non-hydrogen) atoms. The zero-order valence-corrected chi connectivity index (χ0v) is 23.4. The Morgan fingerprint density at radius 2 is 1.80 bits per heavy atom. The minimum atomic E-state index is -0.531. The lowest BCUT2D eigenvalue weighted by Crippen LogP contribution is -2.30. The molecule has 1 unspecified atom stereocenters. The summed E-state index contributed by atoms with van der Waals surface area (Å²) in [5.41, 5.74) is 7.23. The molecule has 0 aliphatic carbocycles. The Balaban J connectivity index is 1.49. The summed E-state index contributed by atoms with van der Waals surface area (Å²) in [6.45, 7) is 6.48. The van der Waals surface area contributed by atoms with Gasteiger partial charge in [-0.2, -0.15) is 0 Å². The van der Waals surface area contributed by atoms with E-state index < -0.39 is 12.3 Å². The number of carbonyl (C=O) groups is 1. The van der Waals surface area contributed by atoms with Crippen molar-refractivity contribution in [1.29, 1.82) is 0 Å². The summed E-state index contributed by atoms with van der Waals surface area (Å²) in [6.07, 6.45) is 7.46. The minimum absolute atomic E-state index is 0.176. The van der Waals surface area contributed by atoms with Gasteiger partial charge in [0.05, 0.1) is 30.4 Å². The second-order valence-corrected chi connectivity index (χ2v) is 9.60. The quantitative estimate of drug-likeness (QED) is 0.279. The van der Waals surface area contributed by atoms with Crippen LogP contribution < -0.4 is 21.1 Å². The van der Waals surface area contributed by atoms with Crippen molar-refractivity contribution in [1.82, 2.24) is 35.3 Å². The maximum Gasteiger partial charge on any atom is 0.427 e. The van der Waals surface area contributed by atoms with E-state index in [0.717, 1.165) is 40.9 Å². The number of aromatic nitrogens is 5. The number of pyridine rings is 1. The van der Waals surface area contributed by atoms with Gasteiger partial charge in [0.1, 0.15) is 12.0 Å². The number of hydrogen-bond acceptors (Lipinski definition) is 9. The Morgan fingerprint density at radius 1 is 1.00 bits per heavy atom. The standard InChI is InChI=1S/C30H33N7O4/c1-4-7-12-25-23(28(38)37(26(5-2)34-25)29-32-17-20(18-33-29)40-6-3)15-19-13-14-24(31-16-19)21-10-8-9-11-22(21)27-35-30(39)41-36-27/h8-11,13-14,16-18,27,36H,4-7,12,15H2,1-3H3,(H,35,39). The van der Waals surface area contributed by atoms with E-state index in [9.17, 15) is 9.59 Å². The fourth-order valence-corrected chi connectivity index (χ4v) is 4.79. The van der Waals surface area contributed by atoms with Crippen molar-refractivity contribution in [3.63, 3.8) is 0 Å². The van der Waals surface area contributed by atoms with Crippen LogP contribution in [0.3, 0.4) is 0 Å². The maximum absolute atomic E-state index is 14.0. The number of benzene rings is 1. The van der Waals surface area contributed by atoms with E-state index in [1.807, 2.05) is 50.2 Å². The first-order chi connectivity index (χ1) is 20.0. The molecule has 3 aromatic heterocycles. The van der Waals surface area contributed by atoms with Crippen LogP contribution in [-0.4, -0.2) is 37.2 Å². The van der Waals surface area contributed by atoms with Gasteiger partial charge >= 0.3 is 6.09 Å². The first-order valence-corrected chi connectivity index (χ1v) is 13.9. The van der Waals surface area contributed by atoms with Crippen molar-refractivity contribution in [3.8, 4) is 23.0 Å². The number of nitrogens with zero attached hydrogens (tertiary/aromatic N) is 5. The van der Waals surface area contributed by atoms with Crippen molar-refractivity contribution < 1.29 is 14.4 Å². The number of nitrogens with one attached hydrogen (secondary N) is 2. The van der Waals surface area contributed by atoms with Crippen LogP contribution in [0.25, 0.3) is 17.2 Å². The second-order valence-electron chi connectivity index (χ2n) is 9.60. The molecule has 0 spiro atoms. The molecule has 1 atom stereocenters. The monoisotopic (exact) mass is 555 g/mol. The first kappa shape index (κ1) is 27.9. The van der Waals surface area contributed by atoms with Gasteiger partial charge in [0, 0.05) is 35.7 Å². The number of rotatable bonds is 11. The van der Waals surface area contributed by atoms with Crippen LogP contribution in [0.15, 0.2) is 59.8 Å². The van der Waals surface area contributed by atoms with E-state index in [1.54, 1.807) is 18.6 Å². The topological polar surface area (TPSA) is 133 Å².